The molecule has 0 bridgehead atoms. The smallest absolute Gasteiger partial charge is 0.138 e. The zero-order chi connectivity index (χ0) is 11.4. The van der Waals surface area contributed by atoms with Gasteiger partial charge in [0.15, 0.2) is 0 Å². The number of hydrogen-bond acceptors (Lipinski definition) is 2. The molecule has 1 rings (SSSR count). The summed E-state index contributed by atoms with van der Waals surface area (Å²) in [4.78, 5) is 0. The molecule has 82 valence electrons. The highest BCUT2D eigenvalue weighted by Gasteiger charge is 2.09. The highest BCUT2D eigenvalue weighted by molar-refractivity contribution is 6.32. The van der Waals surface area contributed by atoms with Gasteiger partial charge in [-0.05, 0) is 25.1 Å². The second-order valence-electron chi connectivity index (χ2n) is 3.23. The number of nitrogens with one attached hydrogen (secondary N) is 1. The van der Waals surface area contributed by atoms with Gasteiger partial charge in [0, 0.05) is 6.42 Å². The van der Waals surface area contributed by atoms with Gasteiger partial charge in [0.25, 0.3) is 0 Å². The summed E-state index contributed by atoms with van der Waals surface area (Å²) in [7, 11) is 0. The monoisotopic (exact) mass is 230 g/mol. The molecule has 1 atom stereocenters. The molecule has 0 saturated heterocycles. The molecule has 0 radical (unpaired) electrons. The molecule has 3 nitrogen and oxygen atoms in total. The molecule has 0 saturated carbocycles. The maximum Gasteiger partial charge on any atom is 0.138 e. The molecule has 0 aliphatic rings. The van der Waals surface area contributed by atoms with Gasteiger partial charge >= 0.3 is 0 Å². The number of benzene rings is 1. The van der Waals surface area contributed by atoms with Crippen molar-refractivity contribution in [1.29, 1.82) is 5.41 Å². The quantitative estimate of drug-likeness (QED) is 0.617. The average molecular weight is 231 g/mol. The van der Waals surface area contributed by atoms with E-state index < -0.39 is 5.82 Å². The van der Waals surface area contributed by atoms with E-state index in [1.165, 1.54) is 18.2 Å². The SMILES string of the molecule is CC(CC(=N)N)Oc1ccc(F)cc1Cl. The van der Waals surface area contributed by atoms with Crippen molar-refractivity contribution in [1.82, 2.24) is 0 Å². The molecular formula is C10H12ClFN2O. The number of hydrogen-bond donors (Lipinski definition) is 2. The van der Waals surface area contributed by atoms with Crippen molar-refractivity contribution >= 4 is 17.4 Å². The number of halogens is 2. The first kappa shape index (κ1) is 11.8. The molecule has 3 N–H and O–H groups in total. The van der Waals surface area contributed by atoms with E-state index in [2.05, 4.69) is 0 Å². The van der Waals surface area contributed by atoms with E-state index in [4.69, 9.17) is 27.5 Å². The largest absolute Gasteiger partial charge is 0.489 e. The molecule has 0 spiro atoms. The standard InChI is InChI=1S/C10H12ClFN2O/c1-6(4-10(13)14)15-9-3-2-7(12)5-8(9)11/h2-3,5-6H,4H2,1H3,(H3,13,14). The van der Waals surface area contributed by atoms with Gasteiger partial charge in [0.05, 0.1) is 10.9 Å². The molecule has 0 heterocycles. The third-order valence-electron chi connectivity index (χ3n) is 1.73. The molecule has 0 aromatic heterocycles. The lowest BCUT2D eigenvalue weighted by atomic mass is 10.2. The second-order valence-corrected chi connectivity index (χ2v) is 3.64. The van der Waals surface area contributed by atoms with Gasteiger partial charge in [-0.25, -0.2) is 4.39 Å². The van der Waals surface area contributed by atoms with Crippen LogP contribution in [0.2, 0.25) is 5.02 Å². The van der Waals surface area contributed by atoms with Crippen molar-refractivity contribution in [3.63, 3.8) is 0 Å². The van der Waals surface area contributed by atoms with Crippen LogP contribution in [0.1, 0.15) is 13.3 Å². The topological polar surface area (TPSA) is 59.1 Å². The number of amidine groups is 1. The summed E-state index contributed by atoms with van der Waals surface area (Å²) in [6, 6.07) is 3.90. The number of nitrogens with two attached hydrogens (primary N) is 1. The van der Waals surface area contributed by atoms with Crippen LogP contribution in [0.4, 0.5) is 4.39 Å². The number of rotatable bonds is 4. The van der Waals surface area contributed by atoms with Crippen LogP contribution in [0, 0.1) is 11.2 Å². The highest BCUT2D eigenvalue weighted by Crippen LogP contribution is 2.26. The van der Waals surface area contributed by atoms with Crippen molar-refractivity contribution in [3.8, 4) is 5.75 Å². The van der Waals surface area contributed by atoms with Gasteiger partial charge in [-0.2, -0.15) is 0 Å². The lowest BCUT2D eigenvalue weighted by Gasteiger charge is -2.14. The Morgan fingerprint density at radius 1 is 1.67 bits per heavy atom. The molecule has 5 heteroatoms. The fourth-order valence-electron chi connectivity index (χ4n) is 1.14. The molecule has 0 amide bonds. The molecule has 15 heavy (non-hydrogen) atoms. The summed E-state index contributed by atoms with van der Waals surface area (Å²) in [6.45, 7) is 1.76. The van der Waals surface area contributed by atoms with Crippen molar-refractivity contribution in [2.75, 3.05) is 0 Å². The van der Waals surface area contributed by atoms with E-state index in [1.807, 2.05) is 0 Å². The van der Waals surface area contributed by atoms with Crippen molar-refractivity contribution in [2.45, 2.75) is 19.4 Å². The summed E-state index contributed by atoms with van der Waals surface area (Å²) in [5, 5.41) is 7.30. The maximum atomic E-state index is 12.7. The summed E-state index contributed by atoms with van der Waals surface area (Å²) in [6.07, 6.45) is 0.0544. The average Bonchev–Trinajstić information content (AvgIpc) is 2.08. The summed E-state index contributed by atoms with van der Waals surface area (Å²) in [5.41, 5.74) is 5.22. The van der Waals surface area contributed by atoms with E-state index in [1.54, 1.807) is 6.92 Å². The Hall–Kier alpha value is -1.29. The van der Waals surface area contributed by atoms with E-state index in [0.717, 1.165) is 0 Å². The van der Waals surface area contributed by atoms with Crippen LogP contribution in [0.3, 0.4) is 0 Å². The van der Waals surface area contributed by atoms with Gasteiger partial charge in [0.1, 0.15) is 17.7 Å². The van der Waals surface area contributed by atoms with Crippen LogP contribution in [0.5, 0.6) is 5.75 Å². The zero-order valence-electron chi connectivity index (χ0n) is 8.26. The van der Waals surface area contributed by atoms with Crippen LogP contribution in [0.25, 0.3) is 0 Å². The molecule has 0 aliphatic carbocycles. The van der Waals surface area contributed by atoms with Gasteiger partial charge in [-0.3, -0.25) is 5.41 Å². The predicted octanol–water partition coefficient (Wildman–Crippen LogP) is 2.57. The van der Waals surface area contributed by atoms with Crippen molar-refractivity contribution < 1.29 is 9.13 Å². The molecule has 1 unspecified atom stereocenters. The maximum absolute atomic E-state index is 12.7. The Morgan fingerprint density at radius 2 is 2.33 bits per heavy atom. The van der Waals surface area contributed by atoms with Gasteiger partial charge in [-0.1, -0.05) is 11.6 Å². The van der Waals surface area contributed by atoms with Crippen LogP contribution in [-0.2, 0) is 0 Å². The Kier molecular flexibility index (Phi) is 3.91. The predicted molar refractivity (Wildman–Crippen MR) is 58.0 cm³/mol. The first-order valence-corrected chi connectivity index (χ1v) is 4.81. The van der Waals surface area contributed by atoms with E-state index in [-0.39, 0.29) is 17.0 Å². The Morgan fingerprint density at radius 3 is 2.87 bits per heavy atom. The van der Waals surface area contributed by atoms with E-state index >= 15 is 0 Å². The molecular weight excluding hydrogens is 219 g/mol. The lowest BCUT2D eigenvalue weighted by Crippen LogP contribution is -2.21. The molecule has 1 aromatic rings. The lowest BCUT2D eigenvalue weighted by molar-refractivity contribution is 0.229. The van der Waals surface area contributed by atoms with E-state index in [0.29, 0.717) is 12.2 Å². The minimum Gasteiger partial charge on any atom is -0.489 e. The normalized spacial score (nSPS) is 12.2. The van der Waals surface area contributed by atoms with Crippen molar-refractivity contribution in [2.24, 2.45) is 5.73 Å². The first-order chi connectivity index (χ1) is 6.99. The van der Waals surface area contributed by atoms with Crippen LogP contribution >= 0.6 is 11.6 Å². The van der Waals surface area contributed by atoms with Crippen LogP contribution in [-0.4, -0.2) is 11.9 Å². The van der Waals surface area contributed by atoms with E-state index in [9.17, 15) is 4.39 Å². The summed E-state index contributed by atoms with van der Waals surface area (Å²) in [5.74, 6) is 0.0270. The summed E-state index contributed by atoms with van der Waals surface area (Å²) < 4.78 is 18.1. The molecule has 0 fully saturated rings. The first-order valence-electron chi connectivity index (χ1n) is 4.43. The molecule has 1 aromatic carbocycles. The summed E-state index contributed by atoms with van der Waals surface area (Å²) >= 11 is 5.76. The zero-order valence-corrected chi connectivity index (χ0v) is 9.01. The van der Waals surface area contributed by atoms with Gasteiger partial charge < -0.3 is 10.5 Å². The molecule has 0 aliphatic heterocycles. The minimum absolute atomic E-state index is 0.0423. The number of ether oxygens (including phenoxy) is 1. The Labute approximate surface area is 92.5 Å². The fraction of sp³-hybridized carbons (Fsp3) is 0.300. The van der Waals surface area contributed by atoms with Crippen LogP contribution < -0.4 is 10.5 Å². The van der Waals surface area contributed by atoms with Gasteiger partial charge in [-0.15, -0.1) is 0 Å². The Bertz CT molecular complexity index is 370. The Balaban J connectivity index is 2.68. The second kappa shape index (κ2) is 4.98. The van der Waals surface area contributed by atoms with Gasteiger partial charge in [0.2, 0.25) is 0 Å². The van der Waals surface area contributed by atoms with Crippen LogP contribution in [0.15, 0.2) is 18.2 Å². The highest BCUT2D eigenvalue weighted by atomic mass is 35.5. The third-order valence-corrected chi connectivity index (χ3v) is 2.02. The third kappa shape index (κ3) is 3.75. The minimum atomic E-state index is -0.411. The van der Waals surface area contributed by atoms with Crippen molar-refractivity contribution in [3.05, 3.63) is 29.0 Å². The fourth-order valence-corrected chi connectivity index (χ4v) is 1.35.